The van der Waals surface area contributed by atoms with Crippen LogP contribution in [0.15, 0.2) is 0 Å². The van der Waals surface area contributed by atoms with Gasteiger partial charge >= 0.3 is 0 Å². The molecule has 0 spiro atoms. The third-order valence-corrected chi connectivity index (χ3v) is 3.44. The van der Waals surface area contributed by atoms with E-state index in [9.17, 15) is 4.79 Å². The second-order valence-electron chi connectivity index (χ2n) is 4.76. The molecule has 0 aliphatic heterocycles. The van der Waals surface area contributed by atoms with Crippen LogP contribution in [-0.2, 0) is 4.79 Å². The number of nitrogens with two attached hydrogens (primary N) is 1. The summed E-state index contributed by atoms with van der Waals surface area (Å²) in [6.45, 7) is 6.71. The average Bonchev–Trinajstić information content (AvgIpc) is 2.66. The number of carbonyl (C=O) groups is 1. The summed E-state index contributed by atoms with van der Waals surface area (Å²) in [7, 11) is 0. The highest BCUT2D eigenvalue weighted by Crippen LogP contribution is 2.17. The summed E-state index contributed by atoms with van der Waals surface area (Å²) in [6.07, 6.45) is 3.49. The highest BCUT2D eigenvalue weighted by Gasteiger charge is 2.12. The third-order valence-electron chi connectivity index (χ3n) is 3.44. The first-order chi connectivity index (χ1) is 8.58. The van der Waals surface area contributed by atoms with E-state index in [4.69, 9.17) is 5.73 Å². The number of carbonyl (C=O) groups excluding carboxylic acids is 1. The summed E-state index contributed by atoms with van der Waals surface area (Å²) in [5.41, 5.74) is 7.53. The van der Waals surface area contributed by atoms with Crippen LogP contribution < -0.4 is 11.1 Å². The van der Waals surface area contributed by atoms with Crippen LogP contribution in [0.4, 0.5) is 5.82 Å². The number of anilines is 1. The lowest BCUT2D eigenvalue weighted by Gasteiger charge is -2.12. The Bertz CT molecular complexity index is 386. The topological polar surface area (TPSA) is 83.8 Å². The minimum Gasteiger partial charge on any atom is -0.330 e. The minimum atomic E-state index is 0.0278. The molecular formula is C13H24N4O. The van der Waals surface area contributed by atoms with Crippen molar-refractivity contribution in [2.45, 2.75) is 46.5 Å². The smallest absolute Gasteiger partial charge is 0.225 e. The largest absolute Gasteiger partial charge is 0.330 e. The molecular weight excluding hydrogens is 228 g/mol. The van der Waals surface area contributed by atoms with E-state index in [2.05, 4.69) is 22.4 Å². The van der Waals surface area contributed by atoms with Crippen LogP contribution in [-0.4, -0.2) is 22.6 Å². The van der Waals surface area contributed by atoms with Crippen molar-refractivity contribution in [2.75, 3.05) is 11.9 Å². The van der Waals surface area contributed by atoms with Gasteiger partial charge in [-0.3, -0.25) is 9.89 Å². The van der Waals surface area contributed by atoms with E-state index in [0.717, 1.165) is 30.5 Å². The van der Waals surface area contributed by atoms with Gasteiger partial charge in [-0.25, -0.2) is 0 Å². The van der Waals surface area contributed by atoms with E-state index < -0.39 is 0 Å². The number of rotatable bonds is 7. The maximum atomic E-state index is 11.8. The fourth-order valence-corrected chi connectivity index (χ4v) is 1.92. The van der Waals surface area contributed by atoms with E-state index in [-0.39, 0.29) is 5.91 Å². The lowest BCUT2D eigenvalue weighted by atomic mass is 9.96. The standard InChI is InChI=1S/C13H24N4O/c1-4-11(7-8-14)5-6-12(18)15-13-9(2)10(3)16-17-13/h11H,4-8,14H2,1-3H3,(H2,15,16,17,18). The van der Waals surface area contributed by atoms with E-state index in [1.165, 1.54) is 0 Å². The van der Waals surface area contributed by atoms with Crippen molar-refractivity contribution in [1.82, 2.24) is 10.2 Å². The molecule has 1 heterocycles. The monoisotopic (exact) mass is 252 g/mol. The van der Waals surface area contributed by atoms with E-state index >= 15 is 0 Å². The van der Waals surface area contributed by atoms with Crippen molar-refractivity contribution in [2.24, 2.45) is 11.7 Å². The molecule has 0 aliphatic rings. The zero-order chi connectivity index (χ0) is 13.5. The number of aromatic amines is 1. The first kappa shape index (κ1) is 14.7. The van der Waals surface area contributed by atoms with Crippen LogP contribution in [0.5, 0.6) is 0 Å². The molecule has 0 radical (unpaired) electrons. The van der Waals surface area contributed by atoms with Gasteiger partial charge in [0, 0.05) is 17.7 Å². The van der Waals surface area contributed by atoms with Crippen molar-refractivity contribution in [3.8, 4) is 0 Å². The highest BCUT2D eigenvalue weighted by atomic mass is 16.1. The van der Waals surface area contributed by atoms with Crippen LogP contribution in [0.3, 0.4) is 0 Å². The second kappa shape index (κ2) is 7.16. The number of nitrogens with one attached hydrogen (secondary N) is 2. The first-order valence-electron chi connectivity index (χ1n) is 6.59. The zero-order valence-electron chi connectivity index (χ0n) is 11.5. The van der Waals surface area contributed by atoms with Gasteiger partial charge in [0.1, 0.15) is 0 Å². The summed E-state index contributed by atoms with van der Waals surface area (Å²) in [6, 6.07) is 0. The Labute approximate surface area is 109 Å². The summed E-state index contributed by atoms with van der Waals surface area (Å²) in [5.74, 6) is 1.22. The maximum absolute atomic E-state index is 11.8. The number of hydrogen-bond donors (Lipinski definition) is 3. The number of nitrogens with zero attached hydrogens (tertiary/aromatic N) is 1. The summed E-state index contributed by atoms with van der Waals surface area (Å²) < 4.78 is 0. The van der Waals surface area contributed by atoms with Crippen molar-refractivity contribution < 1.29 is 4.79 Å². The van der Waals surface area contributed by atoms with Crippen LogP contribution in [0.25, 0.3) is 0 Å². The number of aryl methyl sites for hydroxylation is 1. The molecule has 0 saturated heterocycles. The van der Waals surface area contributed by atoms with Gasteiger partial charge < -0.3 is 11.1 Å². The number of H-pyrrole nitrogens is 1. The molecule has 4 N–H and O–H groups in total. The van der Waals surface area contributed by atoms with E-state index in [1.807, 2.05) is 13.8 Å². The van der Waals surface area contributed by atoms with Gasteiger partial charge in [0.25, 0.3) is 0 Å². The fourth-order valence-electron chi connectivity index (χ4n) is 1.92. The maximum Gasteiger partial charge on any atom is 0.225 e. The Morgan fingerprint density at radius 1 is 1.44 bits per heavy atom. The predicted octanol–water partition coefficient (Wildman–Crippen LogP) is 2.12. The summed E-state index contributed by atoms with van der Waals surface area (Å²) in [5, 5.41) is 9.76. The molecule has 5 heteroatoms. The van der Waals surface area contributed by atoms with Crippen molar-refractivity contribution >= 4 is 11.7 Å². The second-order valence-corrected chi connectivity index (χ2v) is 4.76. The van der Waals surface area contributed by atoms with Gasteiger partial charge in [-0.1, -0.05) is 13.3 Å². The minimum absolute atomic E-state index is 0.0278. The van der Waals surface area contributed by atoms with Gasteiger partial charge in [-0.15, -0.1) is 0 Å². The van der Waals surface area contributed by atoms with Crippen LogP contribution >= 0.6 is 0 Å². The summed E-state index contributed by atoms with van der Waals surface area (Å²) >= 11 is 0. The fraction of sp³-hybridized carbons (Fsp3) is 0.692. The first-order valence-corrected chi connectivity index (χ1v) is 6.59. The lowest BCUT2D eigenvalue weighted by Crippen LogP contribution is -2.15. The highest BCUT2D eigenvalue weighted by molar-refractivity contribution is 5.90. The van der Waals surface area contributed by atoms with Crippen LogP contribution in [0, 0.1) is 19.8 Å². The van der Waals surface area contributed by atoms with Crippen molar-refractivity contribution in [3.63, 3.8) is 0 Å². The van der Waals surface area contributed by atoms with Crippen LogP contribution in [0.2, 0.25) is 0 Å². The predicted molar refractivity (Wildman–Crippen MR) is 73.4 cm³/mol. The molecule has 1 atom stereocenters. The number of aromatic nitrogens is 2. The molecule has 1 aromatic rings. The molecule has 0 bridgehead atoms. The molecule has 0 fully saturated rings. The van der Waals surface area contributed by atoms with E-state index in [1.54, 1.807) is 0 Å². The van der Waals surface area contributed by atoms with Crippen molar-refractivity contribution in [3.05, 3.63) is 11.3 Å². The average molecular weight is 252 g/mol. The Hall–Kier alpha value is -1.36. The van der Waals surface area contributed by atoms with Gasteiger partial charge in [0.2, 0.25) is 5.91 Å². The molecule has 0 saturated carbocycles. The van der Waals surface area contributed by atoms with Gasteiger partial charge in [-0.2, -0.15) is 5.10 Å². The Kier molecular flexibility index (Phi) is 5.85. The third kappa shape index (κ3) is 4.14. The quantitative estimate of drug-likeness (QED) is 0.695. The zero-order valence-corrected chi connectivity index (χ0v) is 11.5. The molecule has 102 valence electrons. The van der Waals surface area contributed by atoms with Crippen LogP contribution in [0.1, 0.15) is 43.9 Å². The number of amides is 1. The normalized spacial score (nSPS) is 12.4. The SMILES string of the molecule is CCC(CCN)CCC(=O)Nc1n[nH]c(C)c1C. The van der Waals surface area contributed by atoms with E-state index in [0.29, 0.717) is 24.7 Å². The van der Waals surface area contributed by atoms with Gasteiger partial charge in [0.05, 0.1) is 0 Å². The molecule has 1 amide bonds. The molecule has 1 aromatic heterocycles. The Morgan fingerprint density at radius 3 is 2.67 bits per heavy atom. The Balaban J connectivity index is 2.40. The molecule has 1 rings (SSSR count). The van der Waals surface area contributed by atoms with Crippen molar-refractivity contribution in [1.29, 1.82) is 0 Å². The summed E-state index contributed by atoms with van der Waals surface area (Å²) in [4.78, 5) is 11.8. The molecule has 1 unspecified atom stereocenters. The molecule has 18 heavy (non-hydrogen) atoms. The lowest BCUT2D eigenvalue weighted by molar-refractivity contribution is -0.116. The molecule has 0 aliphatic carbocycles. The van der Waals surface area contributed by atoms with Gasteiger partial charge in [-0.05, 0) is 39.2 Å². The Morgan fingerprint density at radius 2 is 2.17 bits per heavy atom. The molecule has 0 aromatic carbocycles. The number of hydrogen-bond acceptors (Lipinski definition) is 3. The molecule has 5 nitrogen and oxygen atoms in total. The van der Waals surface area contributed by atoms with Gasteiger partial charge in [0.15, 0.2) is 5.82 Å².